The zero-order chi connectivity index (χ0) is 27.9. The first-order valence-electron chi connectivity index (χ1n) is 13.0. The summed E-state index contributed by atoms with van der Waals surface area (Å²) in [7, 11) is 3.10. The molecule has 1 atom stereocenters. The van der Waals surface area contributed by atoms with E-state index in [0.717, 1.165) is 17.5 Å². The van der Waals surface area contributed by atoms with Crippen LogP contribution in [0.2, 0.25) is 0 Å². The van der Waals surface area contributed by atoms with Crippen LogP contribution in [0.5, 0.6) is 11.5 Å². The van der Waals surface area contributed by atoms with Crippen molar-refractivity contribution in [2.45, 2.75) is 39.8 Å². The zero-order valence-corrected chi connectivity index (χ0v) is 23.0. The molecule has 1 N–H and O–H groups in total. The summed E-state index contributed by atoms with van der Waals surface area (Å²) in [6.07, 6.45) is 0.807. The lowest BCUT2D eigenvalue weighted by atomic mass is 10.00. The van der Waals surface area contributed by atoms with Gasteiger partial charge in [-0.05, 0) is 55.2 Å². The van der Waals surface area contributed by atoms with Crippen LogP contribution in [0.4, 0.5) is 5.69 Å². The summed E-state index contributed by atoms with van der Waals surface area (Å²) < 4.78 is 12.6. The second-order valence-corrected chi connectivity index (χ2v) is 9.77. The standard InChI is InChI=1S/C30H35N5O4/c1-20(2)16-17-31-30(37)29(23-15-14-22(38-4)18-27(23)39-5)35(25-12-8-6-10-21(25)3)28(36)19-34-26-13-9-7-11-24(26)32-33-34/h6-15,18,20,29H,16-17,19H2,1-5H3,(H,31,37). The third-order valence-electron chi connectivity index (χ3n) is 6.61. The van der Waals surface area contributed by atoms with Crippen molar-refractivity contribution in [2.24, 2.45) is 5.92 Å². The number of ether oxygens (including phenoxy) is 2. The molecule has 0 aliphatic rings. The number of para-hydroxylation sites is 2. The summed E-state index contributed by atoms with van der Waals surface area (Å²) >= 11 is 0. The molecular formula is C30H35N5O4. The van der Waals surface area contributed by atoms with E-state index in [0.29, 0.717) is 40.7 Å². The summed E-state index contributed by atoms with van der Waals surface area (Å²) in [5.74, 6) is 0.809. The molecule has 39 heavy (non-hydrogen) atoms. The summed E-state index contributed by atoms with van der Waals surface area (Å²) in [4.78, 5) is 29.7. The number of carbonyl (C=O) groups excluding carboxylic acids is 2. The predicted octanol–water partition coefficient (Wildman–Crippen LogP) is 4.69. The van der Waals surface area contributed by atoms with Gasteiger partial charge in [-0.1, -0.05) is 49.4 Å². The normalized spacial score (nSPS) is 11.8. The van der Waals surface area contributed by atoms with Crippen molar-refractivity contribution in [2.75, 3.05) is 25.7 Å². The van der Waals surface area contributed by atoms with Gasteiger partial charge in [0.05, 0.1) is 19.7 Å². The molecule has 9 nitrogen and oxygen atoms in total. The molecule has 1 aromatic heterocycles. The molecule has 3 aromatic carbocycles. The number of hydrogen-bond donors (Lipinski definition) is 1. The molecule has 0 fully saturated rings. The number of anilines is 1. The Morgan fingerprint density at radius 2 is 1.74 bits per heavy atom. The molecule has 0 aliphatic carbocycles. The summed E-state index contributed by atoms with van der Waals surface area (Å²) in [5, 5.41) is 11.5. The molecule has 0 aliphatic heterocycles. The van der Waals surface area contributed by atoms with Crippen molar-refractivity contribution in [1.29, 1.82) is 0 Å². The van der Waals surface area contributed by atoms with Crippen molar-refractivity contribution in [1.82, 2.24) is 20.3 Å². The number of nitrogens with one attached hydrogen (secondary N) is 1. The molecule has 1 unspecified atom stereocenters. The van der Waals surface area contributed by atoms with Crippen LogP contribution in [0.1, 0.15) is 37.4 Å². The third-order valence-corrected chi connectivity index (χ3v) is 6.61. The molecule has 0 saturated carbocycles. The first-order valence-corrected chi connectivity index (χ1v) is 13.0. The minimum absolute atomic E-state index is 0.108. The van der Waals surface area contributed by atoms with E-state index in [2.05, 4.69) is 29.5 Å². The van der Waals surface area contributed by atoms with Crippen molar-refractivity contribution in [3.63, 3.8) is 0 Å². The maximum Gasteiger partial charge on any atom is 0.249 e. The highest BCUT2D eigenvalue weighted by Gasteiger charge is 2.36. The first kappa shape index (κ1) is 27.6. The molecule has 204 valence electrons. The van der Waals surface area contributed by atoms with Crippen LogP contribution in [0.15, 0.2) is 66.7 Å². The maximum atomic E-state index is 14.2. The molecule has 0 bridgehead atoms. The van der Waals surface area contributed by atoms with E-state index >= 15 is 0 Å². The van der Waals surface area contributed by atoms with Crippen molar-refractivity contribution in [3.05, 3.63) is 77.9 Å². The van der Waals surface area contributed by atoms with Gasteiger partial charge in [0.1, 0.15) is 29.6 Å². The second kappa shape index (κ2) is 12.4. The van der Waals surface area contributed by atoms with Gasteiger partial charge in [-0.2, -0.15) is 0 Å². The summed E-state index contributed by atoms with van der Waals surface area (Å²) in [5.41, 5.74) is 3.43. The number of hydrogen-bond acceptors (Lipinski definition) is 6. The number of carbonyl (C=O) groups is 2. The number of aromatic nitrogens is 3. The first-order chi connectivity index (χ1) is 18.8. The minimum atomic E-state index is -1.01. The second-order valence-electron chi connectivity index (χ2n) is 9.77. The van der Waals surface area contributed by atoms with E-state index < -0.39 is 6.04 Å². The lowest BCUT2D eigenvalue weighted by molar-refractivity contribution is -0.127. The van der Waals surface area contributed by atoms with Gasteiger partial charge >= 0.3 is 0 Å². The van der Waals surface area contributed by atoms with Gasteiger partial charge in [0.25, 0.3) is 0 Å². The molecule has 0 saturated heterocycles. The molecule has 4 rings (SSSR count). The quantitative estimate of drug-likeness (QED) is 0.303. The maximum absolute atomic E-state index is 14.2. The topological polar surface area (TPSA) is 98.6 Å². The molecule has 1 heterocycles. The van der Waals surface area contributed by atoms with Crippen LogP contribution in [-0.2, 0) is 16.1 Å². The molecule has 0 spiro atoms. The van der Waals surface area contributed by atoms with Crippen molar-refractivity contribution < 1.29 is 19.1 Å². The molecular weight excluding hydrogens is 494 g/mol. The molecule has 4 aromatic rings. The Kier molecular flexibility index (Phi) is 8.81. The van der Waals surface area contributed by atoms with Gasteiger partial charge in [-0.25, -0.2) is 4.68 Å². The molecule has 0 radical (unpaired) electrons. The van der Waals surface area contributed by atoms with E-state index in [9.17, 15) is 9.59 Å². The number of benzene rings is 3. The monoisotopic (exact) mass is 529 g/mol. The Balaban J connectivity index is 1.84. The van der Waals surface area contributed by atoms with Gasteiger partial charge in [0, 0.05) is 23.9 Å². The van der Waals surface area contributed by atoms with Crippen LogP contribution in [0.3, 0.4) is 0 Å². The Morgan fingerprint density at radius 1 is 1.00 bits per heavy atom. The number of aryl methyl sites for hydroxylation is 1. The third kappa shape index (κ3) is 6.19. The fourth-order valence-corrected chi connectivity index (χ4v) is 4.51. The van der Waals surface area contributed by atoms with Gasteiger partial charge in [0.15, 0.2) is 0 Å². The Hall–Kier alpha value is -4.40. The Morgan fingerprint density at radius 3 is 2.46 bits per heavy atom. The van der Waals surface area contributed by atoms with E-state index in [-0.39, 0.29) is 18.4 Å². The highest BCUT2D eigenvalue weighted by atomic mass is 16.5. The number of nitrogens with zero attached hydrogens (tertiary/aromatic N) is 4. The summed E-state index contributed by atoms with van der Waals surface area (Å²) in [6, 6.07) is 19.2. The van der Waals surface area contributed by atoms with Crippen LogP contribution in [0, 0.1) is 12.8 Å². The Bertz CT molecular complexity index is 1450. The van der Waals surface area contributed by atoms with Crippen LogP contribution >= 0.6 is 0 Å². The van der Waals surface area contributed by atoms with E-state index in [4.69, 9.17) is 9.47 Å². The van der Waals surface area contributed by atoms with Gasteiger partial charge in [0.2, 0.25) is 11.8 Å². The SMILES string of the molecule is COc1ccc(C(C(=O)NCCC(C)C)N(C(=O)Cn2nnc3ccccc32)c2ccccc2C)c(OC)c1. The van der Waals surface area contributed by atoms with Gasteiger partial charge in [-0.15, -0.1) is 5.10 Å². The van der Waals surface area contributed by atoms with Crippen LogP contribution < -0.4 is 19.7 Å². The highest BCUT2D eigenvalue weighted by Crippen LogP contribution is 2.37. The average Bonchev–Trinajstić information content (AvgIpc) is 3.34. The Labute approximate surface area is 228 Å². The average molecular weight is 530 g/mol. The van der Waals surface area contributed by atoms with Crippen LogP contribution in [0.25, 0.3) is 11.0 Å². The number of methoxy groups -OCH3 is 2. The van der Waals surface area contributed by atoms with Crippen molar-refractivity contribution >= 4 is 28.5 Å². The number of fused-ring (bicyclic) bond motifs is 1. The van der Waals surface area contributed by atoms with Gasteiger partial charge < -0.3 is 14.8 Å². The lowest BCUT2D eigenvalue weighted by Crippen LogP contribution is -2.46. The number of amides is 2. The number of rotatable bonds is 11. The van der Waals surface area contributed by atoms with E-state index in [1.807, 2.05) is 55.5 Å². The van der Waals surface area contributed by atoms with E-state index in [1.54, 1.807) is 34.9 Å². The molecule has 9 heteroatoms. The minimum Gasteiger partial charge on any atom is -0.497 e. The fourth-order valence-electron chi connectivity index (χ4n) is 4.51. The highest BCUT2D eigenvalue weighted by molar-refractivity contribution is 6.02. The van der Waals surface area contributed by atoms with E-state index in [1.165, 1.54) is 7.11 Å². The molecule has 2 amide bonds. The van der Waals surface area contributed by atoms with Crippen LogP contribution in [-0.4, -0.2) is 47.6 Å². The fraction of sp³-hybridized carbons (Fsp3) is 0.333. The van der Waals surface area contributed by atoms with Gasteiger partial charge in [-0.3, -0.25) is 14.5 Å². The smallest absolute Gasteiger partial charge is 0.249 e. The largest absolute Gasteiger partial charge is 0.497 e. The summed E-state index contributed by atoms with van der Waals surface area (Å²) in [6.45, 7) is 6.49. The van der Waals surface area contributed by atoms with Crippen molar-refractivity contribution in [3.8, 4) is 11.5 Å². The zero-order valence-electron chi connectivity index (χ0n) is 23.0. The lowest BCUT2D eigenvalue weighted by Gasteiger charge is -2.33. The predicted molar refractivity (Wildman–Crippen MR) is 151 cm³/mol.